The number of phenolic OH excluding ortho intramolecular Hbond substituents is 1. The third-order valence-electron chi connectivity index (χ3n) is 2.51. The molecule has 2 atom stereocenters. The molecule has 1 radical (unpaired) electrons. The highest BCUT2D eigenvalue weighted by molar-refractivity contribution is 5.56. The van der Waals surface area contributed by atoms with Crippen LogP contribution in [0.2, 0.25) is 0 Å². The van der Waals surface area contributed by atoms with Gasteiger partial charge in [-0.1, -0.05) is 12.1 Å². The van der Waals surface area contributed by atoms with Gasteiger partial charge in [0.05, 0.1) is 11.7 Å². The molecule has 0 bridgehead atoms. The van der Waals surface area contributed by atoms with Crippen LogP contribution < -0.4 is 11.1 Å². The van der Waals surface area contributed by atoms with Crippen molar-refractivity contribution < 1.29 is 9.84 Å². The van der Waals surface area contributed by atoms with E-state index in [4.69, 9.17) is 10.5 Å². The van der Waals surface area contributed by atoms with Crippen molar-refractivity contribution in [3.63, 3.8) is 0 Å². The van der Waals surface area contributed by atoms with E-state index in [1.807, 2.05) is 12.1 Å². The van der Waals surface area contributed by atoms with Crippen LogP contribution in [-0.2, 0) is 4.74 Å². The summed E-state index contributed by atoms with van der Waals surface area (Å²) in [6.45, 7) is 2.31. The molecule has 15 heavy (non-hydrogen) atoms. The topological polar surface area (TPSA) is 67.5 Å². The summed E-state index contributed by atoms with van der Waals surface area (Å²) in [6, 6.07) is 7.12. The molecule has 1 aromatic carbocycles. The third-order valence-corrected chi connectivity index (χ3v) is 2.51. The molecule has 1 aliphatic rings. The number of hydrogen-bond acceptors (Lipinski definition) is 4. The fourth-order valence-electron chi connectivity index (χ4n) is 1.63. The van der Waals surface area contributed by atoms with Crippen molar-refractivity contribution >= 4 is 5.69 Å². The van der Waals surface area contributed by atoms with E-state index in [9.17, 15) is 5.11 Å². The lowest BCUT2D eigenvalue weighted by atomic mass is 10.0. The van der Waals surface area contributed by atoms with Gasteiger partial charge in [0.1, 0.15) is 12.4 Å². The number of nitrogens with one attached hydrogen (secondary N) is 1. The van der Waals surface area contributed by atoms with Crippen LogP contribution in [0.25, 0.3) is 0 Å². The first-order chi connectivity index (χ1) is 7.27. The lowest BCUT2D eigenvalue weighted by Crippen LogP contribution is -2.45. The second kappa shape index (κ2) is 4.51. The van der Waals surface area contributed by atoms with Crippen molar-refractivity contribution in [1.29, 1.82) is 0 Å². The van der Waals surface area contributed by atoms with Gasteiger partial charge in [-0.05, 0) is 18.6 Å². The summed E-state index contributed by atoms with van der Waals surface area (Å²) in [5, 5.41) is 12.8. The van der Waals surface area contributed by atoms with Crippen LogP contribution in [0, 0.1) is 6.61 Å². The van der Waals surface area contributed by atoms with Crippen LogP contribution in [0.5, 0.6) is 5.75 Å². The normalized spacial score (nSPS) is 26.2. The zero-order valence-electron chi connectivity index (χ0n) is 8.39. The molecule has 1 aliphatic heterocycles. The molecule has 1 heterocycles. The monoisotopic (exact) mass is 207 g/mol. The van der Waals surface area contributed by atoms with Gasteiger partial charge in [0.15, 0.2) is 0 Å². The summed E-state index contributed by atoms with van der Waals surface area (Å²) in [7, 11) is 0. The molecule has 0 aromatic heterocycles. The molecular weight excluding hydrogens is 192 g/mol. The second-order valence-electron chi connectivity index (χ2n) is 3.64. The first kappa shape index (κ1) is 10.3. The molecule has 81 valence electrons. The Kier molecular flexibility index (Phi) is 3.08. The summed E-state index contributed by atoms with van der Waals surface area (Å²) in [5.74, 6) is 0.246. The minimum Gasteiger partial charge on any atom is -0.506 e. The molecule has 0 saturated carbocycles. The standard InChI is InChI=1S/C11H15N2O2/c12-8-7-15-6-5-9(8)13-10-3-1-2-4-11(10)14/h1-4,7-9,13-14H,5-6,12H2. The van der Waals surface area contributed by atoms with Gasteiger partial charge in [0.2, 0.25) is 0 Å². The quantitative estimate of drug-likeness (QED) is 0.635. The SMILES string of the molecule is NC1[CH]OCCC1Nc1ccccc1O. The van der Waals surface area contributed by atoms with Crippen LogP contribution in [0.3, 0.4) is 0 Å². The van der Waals surface area contributed by atoms with Crippen LogP contribution >= 0.6 is 0 Å². The fourth-order valence-corrected chi connectivity index (χ4v) is 1.63. The maximum absolute atomic E-state index is 9.58. The Morgan fingerprint density at radius 2 is 2.20 bits per heavy atom. The van der Waals surface area contributed by atoms with E-state index in [0.29, 0.717) is 12.3 Å². The Labute approximate surface area is 89.0 Å². The van der Waals surface area contributed by atoms with Crippen molar-refractivity contribution in [2.45, 2.75) is 18.5 Å². The molecule has 2 rings (SSSR count). The molecule has 4 nitrogen and oxygen atoms in total. The fraction of sp³-hybridized carbons (Fsp3) is 0.364. The maximum atomic E-state index is 9.58. The highest BCUT2D eigenvalue weighted by atomic mass is 16.5. The van der Waals surface area contributed by atoms with Gasteiger partial charge in [0.25, 0.3) is 0 Å². The summed E-state index contributed by atoms with van der Waals surface area (Å²) < 4.78 is 5.13. The molecule has 4 heteroatoms. The van der Waals surface area contributed by atoms with E-state index in [-0.39, 0.29) is 17.8 Å². The first-order valence-corrected chi connectivity index (χ1v) is 5.02. The Morgan fingerprint density at radius 3 is 2.93 bits per heavy atom. The maximum Gasteiger partial charge on any atom is 0.138 e. The van der Waals surface area contributed by atoms with Crippen LogP contribution in [0.1, 0.15) is 6.42 Å². The average molecular weight is 207 g/mol. The predicted octanol–water partition coefficient (Wildman–Crippen LogP) is 1.08. The van der Waals surface area contributed by atoms with E-state index >= 15 is 0 Å². The van der Waals surface area contributed by atoms with E-state index in [1.165, 1.54) is 0 Å². The minimum atomic E-state index is -0.140. The van der Waals surface area contributed by atoms with Gasteiger partial charge in [0, 0.05) is 12.6 Å². The average Bonchev–Trinajstić information content (AvgIpc) is 2.24. The van der Waals surface area contributed by atoms with Gasteiger partial charge < -0.3 is 20.9 Å². The summed E-state index contributed by atoms with van der Waals surface area (Å²) >= 11 is 0. The largest absolute Gasteiger partial charge is 0.506 e. The van der Waals surface area contributed by atoms with E-state index in [1.54, 1.807) is 18.7 Å². The van der Waals surface area contributed by atoms with Crippen molar-refractivity contribution in [2.24, 2.45) is 5.73 Å². The van der Waals surface area contributed by atoms with Gasteiger partial charge >= 0.3 is 0 Å². The number of anilines is 1. The van der Waals surface area contributed by atoms with Crippen LogP contribution in [-0.4, -0.2) is 23.8 Å². The summed E-state index contributed by atoms with van der Waals surface area (Å²) in [6.07, 6.45) is 0.839. The molecule has 2 unspecified atom stereocenters. The smallest absolute Gasteiger partial charge is 0.138 e. The zero-order chi connectivity index (χ0) is 10.7. The number of benzene rings is 1. The van der Waals surface area contributed by atoms with Crippen molar-refractivity contribution in [1.82, 2.24) is 0 Å². The van der Waals surface area contributed by atoms with Gasteiger partial charge in [-0.3, -0.25) is 0 Å². The van der Waals surface area contributed by atoms with Crippen LogP contribution in [0.4, 0.5) is 5.69 Å². The molecule has 0 aliphatic carbocycles. The van der Waals surface area contributed by atoms with Crippen LogP contribution in [0.15, 0.2) is 24.3 Å². The Balaban J connectivity index is 2.04. The first-order valence-electron chi connectivity index (χ1n) is 5.02. The Morgan fingerprint density at radius 1 is 1.40 bits per heavy atom. The number of rotatable bonds is 2. The van der Waals surface area contributed by atoms with E-state index in [2.05, 4.69) is 5.32 Å². The lowest BCUT2D eigenvalue weighted by molar-refractivity contribution is 0.134. The van der Waals surface area contributed by atoms with Gasteiger partial charge in [-0.15, -0.1) is 0 Å². The van der Waals surface area contributed by atoms with E-state index in [0.717, 1.165) is 6.42 Å². The number of phenols is 1. The van der Waals surface area contributed by atoms with Gasteiger partial charge in [-0.2, -0.15) is 0 Å². The third kappa shape index (κ3) is 2.40. The van der Waals surface area contributed by atoms with Crippen molar-refractivity contribution in [3.05, 3.63) is 30.9 Å². The van der Waals surface area contributed by atoms with E-state index < -0.39 is 0 Å². The molecule has 0 spiro atoms. The molecule has 1 fully saturated rings. The lowest BCUT2D eigenvalue weighted by Gasteiger charge is -2.29. The number of nitrogens with two attached hydrogens (primary N) is 1. The molecule has 0 amide bonds. The molecule has 4 N–H and O–H groups in total. The minimum absolute atomic E-state index is 0.118. The molecule has 1 saturated heterocycles. The number of aromatic hydroxyl groups is 1. The van der Waals surface area contributed by atoms with Crippen molar-refractivity contribution in [2.75, 3.05) is 11.9 Å². The van der Waals surface area contributed by atoms with Crippen molar-refractivity contribution in [3.8, 4) is 5.75 Å². The predicted molar refractivity (Wildman–Crippen MR) is 58.4 cm³/mol. The summed E-state index contributed by atoms with van der Waals surface area (Å²) in [5.41, 5.74) is 6.57. The molecule has 1 aromatic rings. The van der Waals surface area contributed by atoms with Gasteiger partial charge in [-0.25, -0.2) is 0 Å². The number of para-hydroxylation sites is 2. The Hall–Kier alpha value is -1.26. The molecular formula is C11H15N2O2. The zero-order valence-corrected chi connectivity index (χ0v) is 8.39. The number of hydrogen-bond donors (Lipinski definition) is 3. The Bertz CT molecular complexity index is 330. The highest BCUT2D eigenvalue weighted by Gasteiger charge is 2.23. The highest BCUT2D eigenvalue weighted by Crippen LogP contribution is 2.24. The number of ether oxygens (including phenoxy) is 1. The second-order valence-corrected chi connectivity index (χ2v) is 3.64. The summed E-state index contributed by atoms with van der Waals surface area (Å²) in [4.78, 5) is 0.